The molecule has 0 amide bonds. The molecule has 116 valence electrons. The van der Waals surface area contributed by atoms with E-state index in [1.807, 2.05) is 0 Å². The molecular formula is C19H18N2OS. The van der Waals surface area contributed by atoms with Gasteiger partial charge in [0.1, 0.15) is 12.4 Å². The van der Waals surface area contributed by atoms with Gasteiger partial charge in [0.2, 0.25) is 0 Å². The average molecular weight is 322 g/mol. The highest BCUT2D eigenvalue weighted by atomic mass is 32.2. The largest absolute Gasteiger partial charge is 0.483 e. The first-order valence-corrected chi connectivity index (χ1v) is 8.86. The second-order valence-electron chi connectivity index (χ2n) is 5.79. The number of fused-ring (bicyclic) bond motifs is 3. The maximum Gasteiger partial charge on any atom is 0.152 e. The number of aromatic nitrogens is 2. The summed E-state index contributed by atoms with van der Waals surface area (Å²) in [7, 11) is 0. The maximum atomic E-state index is 5.92. The van der Waals surface area contributed by atoms with Crippen LogP contribution in [-0.2, 0) is 6.61 Å². The lowest BCUT2D eigenvalue weighted by Crippen LogP contribution is -2.14. The van der Waals surface area contributed by atoms with Gasteiger partial charge in [0.25, 0.3) is 0 Å². The third kappa shape index (κ3) is 2.34. The van der Waals surface area contributed by atoms with Crippen LogP contribution in [0.5, 0.6) is 5.75 Å². The normalized spacial score (nSPS) is 12.5. The fraction of sp³-hybridized carbons (Fsp3) is 0.211. The lowest BCUT2D eigenvalue weighted by atomic mass is 10.1. The molecule has 0 saturated carbocycles. The van der Waals surface area contributed by atoms with Crippen LogP contribution in [0, 0.1) is 13.8 Å². The molecular weight excluding hydrogens is 304 g/mol. The Labute approximate surface area is 140 Å². The van der Waals surface area contributed by atoms with Crippen molar-refractivity contribution in [2.75, 3.05) is 6.26 Å². The number of hydrogen-bond donors (Lipinski definition) is 0. The van der Waals surface area contributed by atoms with E-state index in [1.165, 1.54) is 16.0 Å². The quantitative estimate of drug-likeness (QED) is 0.636. The van der Waals surface area contributed by atoms with E-state index < -0.39 is 0 Å². The molecule has 0 unspecified atom stereocenters. The number of thioether (sulfide) groups is 1. The molecule has 1 aliphatic rings. The topological polar surface area (TPSA) is 27.1 Å². The molecule has 23 heavy (non-hydrogen) atoms. The summed E-state index contributed by atoms with van der Waals surface area (Å²) in [5.74, 6) is 1.89. The molecule has 1 aromatic heterocycles. The minimum Gasteiger partial charge on any atom is -0.483 e. The molecule has 3 nitrogen and oxygen atoms in total. The number of nitrogens with zero attached hydrogens (tertiary/aromatic N) is 2. The third-order valence-electron chi connectivity index (χ3n) is 4.21. The summed E-state index contributed by atoms with van der Waals surface area (Å²) in [6, 6.07) is 15.0. The van der Waals surface area contributed by atoms with Gasteiger partial charge in [-0.2, -0.15) is 0 Å². The number of imidazole rings is 1. The van der Waals surface area contributed by atoms with Gasteiger partial charge in [-0.3, -0.25) is 4.57 Å². The Morgan fingerprint density at radius 2 is 1.87 bits per heavy atom. The van der Waals surface area contributed by atoms with E-state index >= 15 is 0 Å². The van der Waals surface area contributed by atoms with Gasteiger partial charge >= 0.3 is 0 Å². The number of hydrogen-bond acceptors (Lipinski definition) is 3. The van der Waals surface area contributed by atoms with E-state index in [0.29, 0.717) is 6.61 Å². The van der Waals surface area contributed by atoms with Crippen LogP contribution in [0.4, 0.5) is 0 Å². The van der Waals surface area contributed by atoms with Crippen LogP contribution in [0.25, 0.3) is 16.9 Å². The number of rotatable bonds is 2. The Kier molecular flexibility index (Phi) is 3.42. The van der Waals surface area contributed by atoms with Crippen molar-refractivity contribution in [1.82, 2.24) is 9.55 Å². The van der Waals surface area contributed by atoms with Crippen molar-refractivity contribution in [3.05, 3.63) is 59.5 Å². The molecule has 4 rings (SSSR count). The van der Waals surface area contributed by atoms with Gasteiger partial charge in [0.05, 0.1) is 17.1 Å². The Morgan fingerprint density at radius 3 is 2.61 bits per heavy atom. The summed E-state index contributed by atoms with van der Waals surface area (Å²) < 4.78 is 8.16. The van der Waals surface area contributed by atoms with Gasteiger partial charge in [-0.15, -0.1) is 11.8 Å². The van der Waals surface area contributed by atoms with Crippen molar-refractivity contribution >= 4 is 11.8 Å². The third-order valence-corrected chi connectivity index (χ3v) is 4.94. The molecule has 4 heteroatoms. The molecule has 0 radical (unpaired) electrons. The smallest absolute Gasteiger partial charge is 0.152 e. The molecule has 2 aromatic carbocycles. The van der Waals surface area contributed by atoms with E-state index in [0.717, 1.165) is 28.6 Å². The fourth-order valence-corrected chi connectivity index (χ4v) is 3.49. The van der Waals surface area contributed by atoms with Crippen molar-refractivity contribution < 1.29 is 4.74 Å². The van der Waals surface area contributed by atoms with Crippen molar-refractivity contribution in [2.24, 2.45) is 0 Å². The van der Waals surface area contributed by atoms with Crippen LogP contribution >= 0.6 is 11.8 Å². The summed E-state index contributed by atoms with van der Waals surface area (Å²) in [6.45, 7) is 4.68. The van der Waals surface area contributed by atoms with Crippen LogP contribution in [0.15, 0.2) is 47.4 Å². The Hall–Kier alpha value is -2.20. The van der Waals surface area contributed by atoms with Gasteiger partial charge < -0.3 is 4.74 Å². The number of ether oxygens (including phenoxy) is 1. The number of benzene rings is 2. The van der Waals surface area contributed by atoms with Crippen molar-refractivity contribution in [3.8, 4) is 22.7 Å². The first-order chi connectivity index (χ1) is 11.2. The highest BCUT2D eigenvalue weighted by Crippen LogP contribution is 2.38. The molecule has 1 aliphatic heterocycles. The van der Waals surface area contributed by atoms with E-state index in [2.05, 4.69) is 67.1 Å². The van der Waals surface area contributed by atoms with Crippen LogP contribution in [0.3, 0.4) is 0 Å². The molecule has 0 saturated heterocycles. The van der Waals surface area contributed by atoms with Crippen LogP contribution in [-0.4, -0.2) is 15.8 Å². The second kappa shape index (κ2) is 5.46. The fourth-order valence-electron chi connectivity index (χ4n) is 3.06. The van der Waals surface area contributed by atoms with Crippen LogP contribution in [0.2, 0.25) is 0 Å². The summed E-state index contributed by atoms with van der Waals surface area (Å²) in [5.41, 5.74) is 5.71. The van der Waals surface area contributed by atoms with Gasteiger partial charge in [0.15, 0.2) is 5.82 Å². The maximum absolute atomic E-state index is 5.92. The van der Waals surface area contributed by atoms with Crippen LogP contribution in [0.1, 0.15) is 17.1 Å². The monoisotopic (exact) mass is 322 g/mol. The average Bonchev–Trinajstić information content (AvgIpc) is 2.91. The molecule has 0 aliphatic carbocycles. The predicted molar refractivity (Wildman–Crippen MR) is 94.6 cm³/mol. The molecule has 3 aromatic rings. The summed E-state index contributed by atoms with van der Waals surface area (Å²) in [5, 5.41) is 0. The minimum absolute atomic E-state index is 0.511. The predicted octanol–water partition coefficient (Wildman–Crippen LogP) is 4.77. The first-order valence-electron chi connectivity index (χ1n) is 7.64. The molecule has 0 atom stereocenters. The molecule has 0 fully saturated rings. The lowest BCUT2D eigenvalue weighted by molar-refractivity contribution is 0.279. The first kappa shape index (κ1) is 14.4. The Morgan fingerprint density at radius 1 is 1.09 bits per heavy atom. The second-order valence-corrected chi connectivity index (χ2v) is 6.67. The zero-order valence-corrected chi connectivity index (χ0v) is 14.3. The van der Waals surface area contributed by atoms with Crippen LogP contribution < -0.4 is 4.74 Å². The zero-order chi connectivity index (χ0) is 16.0. The van der Waals surface area contributed by atoms with E-state index in [-0.39, 0.29) is 0 Å². The Balaban J connectivity index is 1.94. The molecule has 0 bridgehead atoms. The Bertz CT molecular complexity index is 881. The van der Waals surface area contributed by atoms with E-state index in [1.54, 1.807) is 11.8 Å². The highest BCUT2D eigenvalue weighted by molar-refractivity contribution is 7.98. The van der Waals surface area contributed by atoms with Gasteiger partial charge in [-0.25, -0.2) is 4.98 Å². The standard InChI is InChI=1S/C19H18N2OS/c1-12-4-6-14(7-5-12)19-13(2)20-18-11-22-17-10-15(23-3)8-9-16(17)21(18)19/h4-10H,11H2,1-3H3. The molecule has 0 spiro atoms. The van der Waals surface area contributed by atoms with Gasteiger partial charge in [-0.1, -0.05) is 29.8 Å². The van der Waals surface area contributed by atoms with Gasteiger partial charge in [0, 0.05) is 10.5 Å². The van der Waals surface area contributed by atoms with Crippen molar-refractivity contribution in [2.45, 2.75) is 25.3 Å². The highest BCUT2D eigenvalue weighted by Gasteiger charge is 2.24. The van der Waals surface area contributed by atoms with Crippen molar-refractivity contribution in [3.63, 3.8) is 0 Å². The lowest BCUT2D eigenvalue weighted by Gasteiger charge is -2.22. The molecule has 0 N–H and O–H groups in total. The SMILES string of the molecule is CSc1ccc2c(c1)OCc1nc(C)c(-c3ccc(C)cc3)n1-2. The number of aryl methyl sites for hydroxylation is 2. The minimum atomic E-state index is 0.511. The molecule has 2 heterocycles. The van der Waals surface area contributed by atoms with Crippen molar-refractivity contribution in [1.29, 1.82) is 0 Å². The zero-order valence-electron chi connectivity index (χ0n) is 13.5. The summed E-state index contributed by atoms with van der Waals surface area (Å²) >= 11 is 1.73. The summed E-state index contributed by atoms with van der Waals surface area (Å²) in [4.78, 5) is 5.93. The van der Waals surface area contributed by atoms with E-state index in [9.17, 15) is 0 Å². The van der Waals surface area contributed by atoms with Gasteiger partial charge in [-0.05, 0) is 38.3 Å². The van der Waals surface area contributed by atoms with E-state index in [4.69, 9.17) is 9.72 Å². The summed E-state index contributed by atoms with van der Waals surface area (Å²) in [6.07, 6.45) is 2.08.